The third kappa shape index (κ3) is 4.28. The molecular formula is C18H24N4O. The maximum atomic E-state index is 12.6. The Kier molecular flexibility index (Phi) is 5.32. The molecule has 0 unspecified atom stereocenters. The molecule has 0 radical (unpaired) electrons. The largest absolute Gasteiger partial charge is 0.355 e. The van der Waals surface area contributed by atoms with E-state index >= 15 is 0 Å². The van der Waals surface area contributed by atoms with Gasteiger partial charge >= 0.3 is 0 Å². The zero-order valence-electron chi connectivity index (χ0n) is 14.4. The van der Waals surface area contributed by atoms with Crippen molar-refractivity contribution in [3.8, 4) is 0 Å². The van der Waals surface area contributed by atoms with E-state index in [4.69, 9.17) is 0 Å². The first kappa shape index (κ1) is 16.9. The van der Waals surface area contributed by atoms with Crippen molar-refractivity contribution in [1.82, 2.24) is 14.9 Å². The zero-order valence-corrected chi connectivity index (χ0v) is 14.4. The number of aryl methyl sites for hydroxylation is 1. The molecule has 5 heteroatoms. The second-order valence-corrected chi connectivity index (χ2v) is 6.10. The van der Waals surface area contributed by atoms with Crippen molar-refractivity contribution in [2.24, 2.45) is 0 Å². The number of amides is 1. The highest BCUT2D eigenvalue weighted by Crippen LogP contribution is 2.22. The number of carbonyl (C=O) groups excluding carboxylic acids is 1. The summed E-state index contributed by atoms with van der Waals surface area (Å²) in [5, 5.41) is 3.27. The third-order valence-corrected chi connectivity index (χ3v) is 3.56. The number of anilines is 1. The standard InChI is InChI=1S/C18H24N4O/c1-12(2)15-11-16(20-13(3)19-15)21-17(18(23)22(4)5)14-9-7-6-8-10-14/h6-12,17H,1-5H3,(H,19,20,21)/t17-/m0/s1. The quantitative estimate of drug-likeness (QED) is 0.921. The van der Waals surface area contributed by atoms with Gasteiger partial charge in [0.1, 0.15) is 17.7 Å². The minimum Gasteiger partial charge on any atom is -0.355 e. The van der Waals surface area contributed by atoms with E-state index in [2.05, 4.69) is 29.1 Å². The van der Waals surface area contributed by atoms with Crippen LogP contribution < -0.4 is 5.32 Å². The van der Waals surface area contributed by atoms with Gasteiger partial charge in [0.25, 0.3) is 0 Å². The number of nitrogens with zero attached hydrogens (tertiary/aromatic N) is 3. The molecular weight excluding hydrogens is 288 g/mol. The fraction of sp³-hybridized carbons (Fsp3) is 0.389. The first-order valence-corrected chi connectivity index (χ1v) is 7.76. The maximum absolute atomic E-state index is 12.6. The Hall–Kier alpha value is -2.43. The Balaban J connectivity index is 2.37. The molecule has 1 N–H and O–H groups in total. The number of nitrogens with one attached hydrogen (secondary N) is 1. The van der Waals surface area contributed by atoms with Crippen molar-refractivity contribution in [2.45, 2.75) is 32.7 Å². The van der Waals surface area contributed by atoms with E-state index in [-0.39, 0.29) is 5.91 Å². The van der Waals surface area contributed by atoms with Crippen molar-refractivity contribution in [2.75, 3.05) is 19.4 Å². The Morgan fingerprint density at radius 2 is 1.78 bits per heavy atom. The first-order valence-electron chi connectivity index (χ1n) is 7.76. The minimum atomic E-state index is -0.472. The molecule has 0 saturated heterocycles. The number of aromatic nitrogens is 2. The lowest BCUT2D eigenvalue weighted by Gasteiger charge is -2.23. The summed E-state index contributed by atoms with van der Waals surface area (Å²) in [6.45, 7) is 6.04. The summed E-state index contributed by atoms with van der Waals surface area (Å²) in [5.74, 6) is 1.66. The van der Waals surface area contributed by atoms with Gasteiger partial charge in [-0.05, 0) is 18.4 Å². The SMILES string of the molecule is Cc1nc(N[C@H](C(=O)N(C)C)c2ccccc2)cc(C(C)C)n1. The van der Waals surface area contributed by atoms with E-state index in [1.54, 1.807) is 19.0 Å². The van der Waals surface area contributed by atoms with Gasteiger partial charge in [0, 0.05) is 25.9 Å². The summed E-state index contributed by atoms with van der Waals surface area (Å²) >= 11 is 0. The molecule has 2 rings (SSSR count). The van der Waals surface area contributed by atoms with Gasteiger partial charge in [-0.3, -0.25) is 4.79 Å². The van der Waals surface area contributed by atoms with Gasteiger partial charge in [-0.25, -0.2) is 9.97 Å². The van der Waals surface area contributed by atoms with Crippen LogP contribution in [0.2, 0.25) is 0 Å². The molecule has 0 spiro atoms. The van der Waals surface area contributed by atoms with Gasteiger partial charge in [-0.1, -0.05) is 44.2 Å². The lowest BCUT2D eigenvalue weighted by Crippen LogP contribution is -2.32. The summed E-state index contributed by atoms with van der Waals surface area (Å²) < 4.78 is 0. The van der Waals surface area contributed by atoms with E-state index < -0.39 is 6.04 Å². The van der Waals surface area contributed by atoms with Crippen LogP contribution in [-0.4, -0.2) is 34.9 Å². The molecule has 0 aliphatic heterocycles. The second kappa shape index (κ2) is 7.22. The van der Waals surface area contributed by atoms with Crippen molar-refractivity contribution >= 4 is 11.7 Å². The highest BCUT2D eigenvalue weighted by atomic mass is 16.2. The Morgan fingerprint density at radius 1 is 1.13 bits per heavy atom. The van der Waals surface area contributed by atoms with Crippen LogP contribution in [0.25, 0.3) is 0 Å². The van der Waals surface area contributed by atoms with Gasteiger partial charge in [0.05, 0.1) is 0 Å². The highest BCUT2D eigenvalue weighted by molar-refractivity contribution is 5.85. The van der Waals surface area contributed by atoms with Crippen LogP contribution >= 0.6 is 0 Å². The molecule has 1 heterocycles. The van der Waals surface area contributed by atoms with Crippen LogP contribution in [0.5, 0.6) is 0 Å². The minimum absolute atomic E-state index is 0.0152. The summed E-state index contributed by atoms with van der Waals surface area (Å²) in [5.41, 5.74) is 1.87. The fourth-order valence-electron chi connectivity index (χ4n) is 2.30. The van der Waals surface area contributed by atoms with Crippen LogP contribution in [0.15, 0.2) is 36.4 Å². The molecule has 1 aromatic carbocycles. The number of hydrogen-bond donors (Lipinski definition) is 1. The van der Waals surface area contributed by atoms with E-state index in [9.17, 15) is 4.79 Å². The van der Waals surface area contributed by atoms with Gasteiger partial charge < -0.3 is 10.2 Å². The number of hydrogen-bond acceptors (Lipinski definition) is 4. The summed E-state index contributed by atoms with van der Waals surface area (Å²) in [6, 6.07) is 11.1. The van der Waals surface area contributed by atoms with Crippen LogP contribution in [0, 0.1) is 6.92 Å². The Bertz CT molecular complexity index is 668. The predicted octanol–water partition coefficient (Wildman–Crippen LogP) is 3.15. The molecule has 0 aliphatic carbocycles. The lowest BCUT2D eigenvalue weighted by atomic mass is 10.1. The Morgan fingerprint density at radius 3 is 2.35 bits per heavy atom. The summed E-state index contributed by atoms with van der Waals surface area (Å²) in [7, 11) is 3.51. The average molecular weight is 312 g/mol. The number of likely N-dealkylation sites (N-methyl/N-ethyl adjacent to an activating group) is 1. The number of rotatable bonds is 5. The van der Waals surface area contributed by atoms with Crippen LogP contribution in [-0.2, 0) is 4.79 Å². The van der Waals surface area contributed by atoms with Crippen molar-refractivity contribution < 1.29 is 4.79 Å². The molecule has 1 aromatic heterocycles. The second-order valence-electron chi connectivity index (χ2n) is 6.10. The predicted molar refractivity (Wildman–Crippen MR) is 92.4 cm³/mol. The van der Waals surface area contributed by atoms with Gasteiger partial charge in [0.15, 0.2) is 0 Å². The molecule has 0 bridgehead atoms. The topological polar surface area (TPSA) is 58.1 Å². The monoisotopic (exact) mass is 312 g/mol. The average Bonchev–Trinajstić information content (AvgIpc) is 2.52. The molecule has 5 nitrogen and oxygen atoms in total. The Labute approximate surface area is 137 Å². The van der Waals surface area contributed by atoms with Gasteiger partial charge in [0.2, 0.25) is 5.91 Å². The number of benzene rings is 1. The first-order chi connectivity index (χ1) is 10.9. The molecule has 1 amide bonds. The van der Waals surface area contributed by atoms with Crippen LogP contribution in [0.1, 0.15) is 42.9 Å². The molecule has 0 aliphatic rings. The van der Waals surface area contributed by atoms with Crippen LogP contribution in [0.3, 0.4) is 0 Å². The molecule has 1 atom stereocenters. The molecule has 0 saturated carbocycles. The van der Waals surface area contributed by atoms with E-state index in [0.717, 1.165) is 11.3 Å². The van der Waals surface area contributed by atoms with Crippen molar-refractivity contribution in [3.05, 3.63) is 53.5 Å². The zero-order chi connectivity index (χ0) is 17.0. The molecule has 0 fully saturated rings. The highest BCUT2D eigenvalue weighted by Gasteiger charge is 2.23. The van der Waals surface area contributed by atoms with E-state index in [0.29, 0.717) is 17.6 Å². The van der Waals surface area contributed by atoms with Gasteiger partial charge in [-0.2, -0.15) is 0 Å². The van der Waals surface area contributed by atoms with E-state index in [1.807, 2.05) is 43.3 Å². The number of carbonyl (C=O) groups is 1. The smallest absolute Gasteiger partial charge is 0.249 e. The molecule has 23 heavy (non-hydrogen) atoms. The maximum Gasteiger partial charge on any atom is 0.249 e. The van der Waals surface area contributed by atoms with Gasteiger partial charge in [-0.15, -0.1) is 0 Å². The summed E-state index contributed by atoms with van der Waals surface area (Å²) in [6.07, 6.45) is 0. The summed E-state index contributed by atoms with van der Waals surface area (Å²) in [4.78, 5) is 23.0. The fourth-order valence-corrected chi connectivity index (χ4v) is 2.30. The van der Waals surface area contributed by atoms with Crippen LogP contribution in [0.4, 0.5) is 5.82 Å². The molecule has 122 valence electrons. The van der Waals surface area contributed by atoms with Crippen molar-refractivity contribution in [3.63, 3.8) is 0 Å². The van der Waals surface area contributed by atoms with E-state index in [1.165, 1.54) is 0 Å². The third-order valence-electron chi connectivity index (χ3n) is 3.56. The normalized spacial score (nSPS) is 12.1. The lowest BCUT2D eigenvalue weighted by molar-refractivity contribution is -0.129. The van der Waals surface area contributed by atoms with Crippen molar-refractivity contribution in [1.29, 1.82) is 0 Å². The molecule has 2 aromatic rings.